The van der Waals surface area contributed by atoms with Crippen LogP contribution in [0.2, 0.25) is 0 Å². The van der Waals surface area contributed by atoms with Gasteiger partial charge < -0.3 is 19.7 Å². The highest BCUT2D eigenvalue weighted by Gasteiger charge is 2.42. The maximum Gasteiger partial charge on any atom is 0.174 e. The van der Waals surface area contributed by atoms with Crippen molar-refractivity contribution < 1.29 is 9.47 Å². The first-order valence-electron chi connectivity index (χ1n) is 8.60. The van der Waals surface area contributed by atoms with Crippen LogP contribution in [0.3, 0.4) is 0 Å². The molecule has 8 heteroatoms. The summed E-state index contributed by atoms with van der Waals surface area (Å²) >= 11 is 11.0. The maximum atomic E-state index is 5.75. The van der Waals surface area contributed by atoms with Crippen molar-refractivity contribution in [2.45, 2.75) is 12.1 Å². The number of anilines is 1. The summed E-state index contributed by atoms with van der Waals surface area (Å²) in [5.41, 5.74) is 1.82. The maximum absolute atomic E-state index is 5.75. The number of nitrogens with one attached hydrogen (secondary N) is 1. The summed E-state index contributed by atoms with van der Waals surface area (Å²) in [5, 5.41) is 4.09. The van der Waals surface area contributed by atoms with Gasteiger partial charge in [0.05, 0.1) is 41.5 Å². The predicted octanol–water partition coefficient (Wildman–Crippen LogP) is 5.10. The molecule has 0 amide bonds. The van der Waals surface area contributed by atoms with E-state index in [2.05, 4.69) is 43.3 Å². The zero-order valence-electron chi connectivity index (χ0n) is 15.3. The number of nitrogens with zero attached hydrogens (tertiary/aromatic N) is 2. The first-order valence-corrected chi connectivity index (χ1v) is 10.6. The second kappa shape index (κ2) is 8.06. The highest BCUT2D eigenvalue weighted by Crippen LogP contribution is 2.47. The van der Waals surface area contributed by atoms with Crippen molar-refractivity contribution in [3.8, 4) is 11.5 Å². The predicted molar refractivity (Wildman–Crippen MR) is 119 cm³/mol. The molecule has 2 aromatic heterocycles. The molecule has 1 saturated heterocycles. The van der Waals surface area contributed by atoms with Crippen molar-refractivity contribution in [2.24, 2.45) is 0 Å². The summed E-state index contributed by atoms with van der Waals surface area (Å²) in [5.74, 6) is 1.43. The van der Waals surface area contributed by atoms with E-state index < -0.39 is 0 Å². The number of pyridine rings is 1. The molecule has 144 valence electrons. The Kier molecular flexibility index (Phi) is 5.52. The zero-order chi connectivity index (χ0) is 19.7. The third-order valence-electron chi connectivity index (χ3n) is 4.63. The summed E-state index contributed by atoms with van der Waals surface area (Å²) in [6, 6.07) is 15.7. The second-order valence-electron chi connectivity index (χ2n) is 6.18. The topological polar surface area (TPSA) is 46.6 Å². The number of halogens is 1. The van der Waals surface area contributed by atoms with E-state index in [-0.39, 0.29) is 12.1 Å². The SMILES string of the molecule is COc1ccc(N2C(=S)N[C@@H](c3ccccn3)[C@H]2c2ccc(Br)s2)c(OC)c1. The molecule has 3 heterocycles. The highest BCUT2D eigenvalue weighted by molar-refractivity contribution is 9.11. The molecule has 2 atom stereocenters. The van der Waals surface area contributed by atoms with Crippen LogP contribution in [-0.4, -0.2) is 24.3 Å². The monoisotopic (exact) mass is 475 g/mol. The van der Waals surface area contributed by atoms with Crippen LogP contribution in [0.5, 0.6) is 11.5 Å². The molecule has 0 saturated carbocycles. The molecule has 1 fully saturated rings. The number of hydrogen-bond acceptors (Lipinski definition) is 5. The lowest BCUT2D eigenvalue weighted by molar-refractivity contribution is 0.394. The first-order chi connectivity index (χ1) is 13.6. The molecule has 1 aliphatic rings. The first kappa shape index (κ1) is 19.2. The van der Waals surface area contributed by atoms with Gasteiger partial charge in [0.2, 0.25) is 0 Å². The number of benzene rings is 1. The van der Waals surface area contributed by atoms with Crippen molar-refractivity contribution in [3.05, 3.63) is 69.1 Å². The minimum absolute atomic E-state index is 0.0546. The lowest BCUT2D eigenvalue weighted by atomic mass is 10.0. The minimum Gasteiger partial charge on any atom is -0.497 e. The molecule has 0 radical (unpaired) electrons. The molecule has 0 bridgehead atoms. The van der Waals surface area contributed by atoms with E-state index in [0.29, 0.717) is 10.9 Å². The summed E-state index contributed by atoms with van der Waals surface area (Å²) in [4.78, 5) is 7.84. The smallest absolute Gasteiger partial charge is 0.174 e. The number of aromatic nitrogens is 1. The van der Waals surface area contributed by atoms with Crippen molar-refractivity contribution in [2.75, 3.05) is 19.1 Å². The van der Waals surface area contributed by atoms with Crippen LogP contribution in [0.4, 0.5) is 5.69 Å². The molecule has 1 aliphatic heterocycles. The van der Waals surface area contributed by atoms with E-state index in [9.17, 15) is 0 Å². The Morgan fingerprint density at radius 3 is 2.64 bits per heavy atom. The fourth-order valence-electron chi connectivity index (χ4n) is 3.37. The average molecular weight is 476 g/mol. The molecular formula is C20H18BrN3O2S2. The van der Waals surface area contributed by atoms with Gasteiger partial charge in [-0.2, -0.15) is 0 Å². The quantitative estimate of drug-likeness (QED) is 0.517. The summed E-state index contributed by atoms with van der Waals surface area (Å²) in [6.07, 6.45) is 1.80. The summed E-state index contributed by atoms with van der Waals surface area (Å²) in [6.45, 7) is 0. The van der Waals surface area contributed by atoms with E-state index in [1.54, 1.807) is 31.8 Å². The molecule has 1 N–H and O–H groups in total. The van der Waals surface area contributed by atoms with Crippen LogP contribution in [0.15, 0.2) is 58.5 Å². The molecule has 0 unspecified atom stereocenters. The van der Waals surface area contributed by atoms with Crippen molar-refractivity contribution >= 4 is 50.3 Å². The van der Waals surface area contributed by atoms with E-state index in [4.69, 9.17) is 21.7 Å². The average Bonchev–Trinajstić information content (AvgIpc) is 3.30. The van der Waals surface area contributed by atoms with Crippen LogP contribution < -0.4 is 19.7 Å². The molecule has 0 aliphatic carbocycles. The number of thiocarbonyl (C=S) groups is 1. The fraction of sp³-hybridized carbons (Fsp3) is 0.200. The third-order valence-corrected chi connectivity index (χ3v) is 6.64. The van der Waals surface area contributed by atoms with Crippen LogP contribution in [0.25, 0.3) is 0 Å². The lowest BCUT2D eigenvalue weighted by Gasteiger charge is -2.28. The van der Waals surface area contributed by atoms with Crippen LogP contribution in [0.1, 0.15) is 22.7 Å². The van der Waals surface area contributed by atoms with Gasteiger partial charge in [-0.25, -0.2) is 0 Å². The number of hydrogen-bond donors (Lipinski definition) is 1. The second-order valence-corrected chi connectivity index (χ2v) is 9.06. The fourth-order valence-corrected chi connectivity index (χ4v) is 5.27. The van der Waals surface area contributed by atoms with E-state index in [0.717, 1.165) is 20.9 Å². The zero-order valence-corrected chi connectivity index (χ0v) is 18.5. The third kappa shape index (κ3) is 3.47. The van der Waals surface area contributed by atoms with Gasteiger partial charge in [-0.15, -0.1) is 11.3 Å². The normalized spacial score (nSPS) is 18.8. The number of methoxy groups -OCH3 is 2. The highest BCUT2D eigenvalue weighted by atomic mass is 79.9. The van der Waals surface area contributed by atoms with Crippen LogP contribution in [-0.2, 0) is 0 Å². The molecule has 3 aromatic rings. The number of ether oxygens (including phenoxy) is 2. The van der Waals surface area contributed by atoms with Gasteiger partial charge in [0, 0.05) is 17.1 Å². The largest absolute Gasteiger partial charge is 0.497 e. The van der Waals surface area contributed by atoms with Crippen molar-refractivity contribution in [1.29, 1.82) is 0 Å². The molecule has 5 nitrogen and oxygen atoms in total. The Morgan fingerprint density at radius 1 is 1.14 bits per heavy atom. The van der Waals surface area contributed by atoms with E-state index in [1.807, 2.05) is 36.4 Å². The minimum atomic E-state index is -0.0777. The lowest BCUT2D eigenvalue weighted by Crippen LogP contribution is -2.29. The number of rotatable bonds is 5. The molecule has 0 spiro atoms. The Bertz CT molecular complexity index is 996. The van der Waals surface area contributed by atoms with Gasteiger partial charge in [0.1, 0.15) is 11.5 Å². The molecule has 1 aromatic carbocycles. The Labute approximate surface area is 181 Å². The van der Waals surface area contributed by atoms with Crippen molar-refractivity contribution in [3.63, 3.8) is 0 Å². The Balaban J connectivity index is 1.84. The Morgan fingerprint density at radius 2 is 2.00 bits per heavy atom. The number of thiophene rings is 1. The van der Waals surface area contributed by atoms with Crippen molar-refractivity contribution in [1.82, 2.24) is 10.3 Å². The molecule has 4 rings (SSSR count). The summed E-state index contributed by atoms with van der Waals surface area (Å²) < 4.78 is 12.1. The van der Waals surface area contributed by atoms with Gasteiger partial charge in [-0.3, -0.25) is 4.98 Å². The van der Waals surface area contributed by atoms with Gasteiger partial charge >= 0.3 is 0 Å². The molecular weight excluding hydrogens is 458 g/mol. The summed E-state index contributed by atoms with van der Waals surface area (Å²) in [7, 11) is 3.29. The van der Waals surface area contributed by atoms with Crippen LogP contribution >= 0.6 is 39.5 Å². The van der Waals surface area contributed by atoms with Gasteiger partial charge in [-0.05, 0) is 64.5 Å². The standard InChI is InChI=1S/C20H18BrN3O2S2/c1-25-12-6-7-14(15(11-12)26-2)24-19(16-8-9-17(21)28-16)18(23-20(24)27)13-5-3-4-10-22-13/h3-11,18-19H,1-2H3,(H,23,27)/t18-,19+/m0/s1. The van der Waals surface area contributed by atoms with Gasteiger partial charge in [-0.1, -0.05) is 6.07 Å². The van der Waals surface area contributed by atoms with E-state index in [1.165, 1.54) is 4.88 Å². The van der Waals surface area contributed by atoms with Gasteiger partial charge in [0.15, 0.2) is 5.11 Å². The molecule has 28 heavy (non-hydrogen) atoms. The van der Waals surface area contributed by atoms with Gasteiger partial charge in [0.25, 0.3) is 0 Å². The van der Waals surface area contributed by atoms with E-state index >= 15 is 0 Å². The Hall–Kier alpha value is -2.16. The van der Waals surface area contributed by atoms with Crippen LogP contribution in [0, 0.1) is 0 Å².